The summed E-state index contributed by atoms with van der Waals surface area (Å²) >= 11 is 1.27. The molecule has 1 N–H and O–H groups in total. The topological polar surface area (TPSA) is 51.2 Å². The summed E-state index contributed by atoms with van der Waals surface area (Å²) in [6.07, 6.45) is -2.53. The van der Waals surface area contributed by atoms with Crippen LogP contribution in [0.3, 0.4) is 0 Å². The number of nitrogens with zero attached hydrogens (tertiary/aromatic N) is 1. The third-order valence-corrected chi connectivity index (χ3v) is 3.65. The maximum absolute atomic E-state index is 12.1. The van der Waals surface area contributed by atoms with Crippen LogP contribution in [-0.2, 0) is 4.79 Å². The smallest absolute Gasteiger partial charge is 0.406 e. The molecule has 0 fully saturated rings. The van der Waals surface area contributed by atoms with Crippen molar-refractivity contribution in [3.8, 4) is 17.0 Å². The maximum atomic E-state index is 12.1. The first kappa shape index (κ1) is 17.3. The highest BCUT2D eigenvalue weighted by Gasteiger charge is 2.30. The summed E-state index contributed by atoms with van der Waals surface area (Å²) in [5.41, 5.74) is 1.23. The maximum Gasteiger partial charge on any atom is 0.573 e. The summed E-state index contributed by atoms with van der Waals surface area (Å²) in [5, 5.41) is 4.90. The van der Waals surface area contributed by atoms with E-state index in [9.17, 15) is 18.0 Å². The van der Waals surface area contributed by atoms with Crippen LogP contribution >= 0.6 is 11.3 Å². The Bertz CT molecular complexity index is 653. The number of thiazole rings is 1. The van der Waals surface area contributed by atoms with Crippen LogP contribution in [0.5, 0.6) is 5.75 Å². The number of benzene rings is 1. The van der Waals surface area contributed by atoms with Crippen molar-refractivity contribution >= 4 is 22.4 Å². The van der Waals surface area contributed by atoms with E-state index >= 15 is 0 Å². The Labute approximate surface area is 135 Å². The normalized spacial score (nSPS) is 11.3. The molecule has 0 bridgehead atoms. The quantitative estimate of drug-likeness (QED) is 0.816. The highest BCUT2D eigenvalue weighted by atomic mass is 32.1. The van der Waals surface area contributed by atoms with Gasteiger partial charge in [0.25, 0.3) is 0 Å². The van der Waals surface area contributed by atoms with Crippen LogP contribution < -0.4 is 10.1 Å². The lowest BCUT2D eigenvalue weighted by atomic mass is 10.2. The number of hydrogen-bond acceptors (Lipinski definition) is 4. The Morgan fingerprint density at radius 2 is 2.00 bits per heavy atom. The van der Waals surface area contributed by atoms with Gasteiger partial charge in [-0.05, 0) is 30.7 Å². The van der Waals surface area contributed by atoms with Crippen molar-refractivity contribution < 1.29 is 22.7 Å². The van der Waals surface area contributed by atoms with Gasteiger partial charge in [0.15, 0.2) is 5.13 Å². The van der Waals surface area contributed by atoms with Crippen LogP contribution in [0.4, 0.5) is 18.3 Å². The van der Waals surface area contributed by atoms with Crippen molar-refractivity contribution in [3.05, 3.63) is 29.6 Å². The summed E-state index contributed by atoms with van der Waals surface area (Å²) in [6.45, 7) is 2.00. The number of carbonyl (C=O) groups is 1. The van der Waals surface area contributed by atoms with E-state index in [-0.39, 0.29) is 11.7 Å². The van der Waals surface area contributed by atoms with Gasteiger partial charge >= 0.3 is 6.36 Å². The van der Waals surface area contributed by atoms with Crippen LogP contribution in [-0.4, -0.2) is 17.3 Å². The molecule has 0 atom stereocenters. The number of carbonyl (C=O) groups excluding carboxylic acids is 1. The molecular formula is C15H15F3N2O2S. The van der Waals surface area contributed by atoms with Crippen LogP contribution in [0.1, 0.15) is 26.2 Å². The summed E-state index contributed by atoms with van der Waals surface area (Å²) in [4.78, 5) is 15.9. The van der Waals surface area contributed by atoms with Gasteiger partial charge in [-0.15, -0.1) is 24.5 Å². The molecule has 0 aliphatic carbocycles. The number of hydrogen-bond donors (Lipinski definition) is 1. The van der Waals surface area contributed by atoms with Gasteiger partial charge < -0.3 is 10.1 Å². The van der Waals surface area contributed by atoms with Gasteiger partial charge in [0.05, 0.1) is 5.69 Å². The first-order valence-electron chi connectivity index (χ1n) is 6.99. The van der Waals surface area contributed by atoms with E-state index in [4.69, 9.17) is 0 Å². The number of halogens is 3. The fourth-order valence-electron chi connectivity index (χ4n) is 1.81. The third kappa shape index (κ3) is 5.55. The molecule has 2 rings (SSSR count). The van der Waals surface area contributed by atoms with Gasteiger partial charge in [-0.2, -0.15) is 0 Å². The van der Waals surface area contributed by atoms with Gasteiger partial charge in [-0.3, -0.25) is 4.79 Å². The first-order chi connectivity index (χ1) is 10.9. The van der Waals surface area contributed by atoms with Gasteiger partial charge in [0.1, 0.15) is 5.75 Å². The zero-order valence-electron chi connectivity index (χ0n) is 12.3. The Kier molecular flexibility index (Phi) is 5.59. The molecule has 0 unspecified atom stereocenters. The minimum Gasteiger partial charge on any atom is -0.406 e. The SMILES string of the molecule is CCCCC(=O)Nc1nc(-c2ccc(OC(F)(F)F)cc2)cs1. The van der Waals surface area contributed by atoms with E-state index in [0.717, 1.165) is 12.8 Å². The standard InChI is InChI=1S/C15H15F3N2O2S/c1-2-3-4-13(21)20-14-19-12(9-23-14)10-5-7-11(8-6-10)22-15(16,17)18/h5-9H,2-4H2,1H3,(H,19,20,21). The largest absolute Gasteiger partial charge is 0.573 e. The summed E-state index contributed by atoms with van der Waals surface area (Å²) in [5.74, 6) is -0.383. The monoisotopic (exact) mass is 344 g/mol. The van der Waals surface area contributed by atoms with Gasteiger partial charge in [-0.1, -0.05) is 13.3 Å². The van der Waals surface area contributed by atoms with Crippen molar-refractivity contribution in [2.45, 2.75) is 32.5 Å². The minimum absolute atomic E-state index is 0.0957. The van der Waals surface area contributed by atoms with Crippen molar-refractivity contribution in [2.75, 3.05) is 5.32 Å². The fourth-order valence-corrected chi connectivity index (χ4v) is 2.55. The number of amides is 1. The van der Waals surface area contributed by atoms with Crippen LogP contribution in [0.15, 0.2) is 29.6 Å². The Balaban J connectivity index is 2.01. The van der Waals surface area contributed by atoms with Gasteiger partial charge in [0, 0.05) is 17.4 Å². The number of alkyl halides is 3. The molecule has 1 amide bonds. The summed E-state index contributed by atoms with van der Waals surface area (Å²) < 4.78 is 40.1. The van der Waals surface area contributed by atoms with E-state index < -0.39 is 6.36 Å². The summed E-state index contributed by atoms with van der Waals surface area (Å²) in [7, 11) is 0. The Morgan fingerprint density at radius 1 is 1.30 bits per heavy atom. The number of nitrogens with one attached hydrogen (secondary N) is 1. The molecule has 1 heterocycles. The second kappa shape index (κ2) is 7.45. The second-order valence-corrected chi connectivity index (χ2v) is 5.62. The molecule has 23 heavy (non-hydrogen) atoms. The highest BCUT2D eigenvalue weighted by molar-refractivity contribution is 7.14. The lowest BCUT2D eigenvalue weighted by Crippen LogP contribution is -2.16. The first-order valence-corrected chi connectivity index (χ1v) is 7.87. The number of ether oxygens (including phenoxy) is 1. The predicted molar refractivity (Wildman–Crippen MR) is 82.4 cm³/mol. The highest BCUT2D eigenvalue weighted by Crippen LogP contribution is 2.28. The van der Waals surface area contributed by atoms with E-state index in [1.54, 1.807) is 5.38 Å². The molecule has 0 saturated carbocycles. The number of anilines is 1. The van der Waals surface area contributed by atoms with E-state index in [0.29, 0.717) is 22.8 Å². The average molecular weight is 344 g/mol. The predicted octanol–water partition coefficient (Wildman–Crippen LogP) is 4.84. The van der Waals surface area contributed by atoms with E-state index in [1.165, 1.54) is 35.6 Å². The zero-order valence-corrected chi connectivity index (χ0v) is 13.1. The van der Waals surface area contributed by atoms with Crippen molar-refractivity contribution in [3.63, 3.8) is 0 Å². The van der Waals surface area contributed by atoms with E-state index in [1.807, 2.05) is 6.92 Å². The molecule has 4 nitrogen and oxygen atoms in total. The van der Waals surface area contributed by atoms with E-state index in [2.05, 4.69) is 15.0 Å². The summed E-state index contributed by atoms with van der Waals surface area (Å²) in [6, 6.07) is 5.42. The molecule has 0 saturated heterocycles. The third-order valence-electron chi connectivity index (χ3n) is 2.89. The molecule has 0 radical (unpaired) electrons. The fraction of sp³-hybridized carbons (Fsp3) is 0.333. The average Bonchev–Trinajstić information content (AvgIpc) is 2.92. The van der Waals surface area contributed by atoms with Crippen molar-refractivity contribution in [1.82, 2.24) is 4.98 Å². The molecular weight excluding hydrogens is 329 g/mol. The number of aromatic nitrogens is 1. The molecule has 124 valence electrons. The van der Waals surface area contributed by atoms with Gasteiger partial charge in [-0.25, -0.2) is 4.98 Å². The van der Waals surface area contributed by atoms with Crippen LogP contribution in [0, 0.1) is 0 Å². The molecule has 2 aromatic rings. The van der Waals surface area contributed by atoms with Crippen LogP contribution in [0.25, 0.3) is 11.3 Å². The molecule has 0 aliphatic heterocycles. The Morgan fingerprint density at radius 3 is 2.61 bits per heavy atom. The Hall–Kier alpha value is -2.09. The minimum atomic E-state index is -4.71. The van der Waals surface area contributed by atoms with Crippen LogP contribution in [0.2, 0.25) is 0 Å². The molecule has 1 aromatic heterocycles. The van der Waals surface area contributed by atoms with Crippen molar-refractivity contribution in [2.24, 2.45) is 0 Å². The molecule has 1 aromatic carbocycles. The zero-order chi connectivity index (χ0) is 16.9. The van der Waals surface area contributed by atoms with Gasteiger partial charge in [0.2, 0.25) is 5.91 Å². The lowest BCUT2D eigenvalue weighted by molar-refractivity contribution is -0.274. The molecule has 0 spiro atoms. The number of rotatable bonds is 6. The second-order valence-electron chi connectivity index (χ2n) is 4.76. The molecule has 8 heteroatoms. The number of unbranched alkanes of at least 4 members (excludes halogenated alkanes) is 1. The molecule has 0 aliphatic rings. The van der Waals surface area contributed by atoms with Crippen molar-refractivity contribution in [1.29, 1.82) is 0 Å². The lowest BCUT2D eigenvalue weighted by Gasteiger charge is -2.08.